The van der Waals surface area contributed by atoms with Crippen molar-refractivity contribution in [1.82, 2.24) is 4.57 Å². The second kappa shape index (κ2) is 6.96. The summed E-state index contributed by atoms with van der Waals surface area (Å²) in [5.74, 6) is 0.125. The van der Waals surface area contributed by atoms with Gasteiger partial charge in [0.05, 0.1) is 11.4 Å². The number of pyridine rings is 1. The van der Waals surface area contributed by atoms with E-state index in [2.05, 4.69) is 4.72 Å². The second-order valence-electron chi connectivity index (χ2n) is 4.59. The van der Waals surface area contributed by atoms with Crippen molar-refractivity contribution >= 4 is 27.3 Å². The maximum Gasteiger partial charge on any atom is 0.250 e. The maximum atomic E-state index is 11.9. The fourth-order valence-corrected chi connectivity index (χ4v) is 3.32. The zero-order valence-corrected chi connectivity index (χ0v) is 12.7. The number of sulfonamides is 1. The summed E-state index contributed by atoms with van der Waals surface area (Å²) in [6.07, 6.45) is 2.33. The Morgan fingerprint density at radius 1 is 1.42 bits per heavy atom. The largest absolute Gasteiger partial charge is 0.313 e. The smallest absolute Gasteiger partial charge is 0.250 e. The Balaban J connectivity index is 2.87. The van der Waals surface area contributed by atoms with Crippen molar-refractivity contribution in [1.29, 1.82) is 0 Å². The third-order valence-electron chi connectivity index (χ3n) is 2.49. The highest BCUT2D eigenvalue weighted by Crippen LogP contribution is 2.10. The van der Waals surface area contributed by atoms with Crippen LogP contribution < -0.4 is 10.3 Å². The van der Waals surface area contributed by atoms with E-state index in [0.29, 0.717) is 12.2 Å². The third kappa shape index (κ3) is 5.24. The predicted octanol–water partition coefficient (Wildman–Crippen LogP) is 1.87. The number of halogens is 1. The van der Waals surface area contributed by atoms with Crippen molar-refractivity contribution in [2.45, 2.75) is 26.8 Å². The van der Waals surface area contributed by atoms with E-state index in [1.807, 2.05) is 6.92 Å². The number of hydrogen-bond acceptors (Lipinski definition) is 3. The van der Waals surface area contributed by atoms with Crippen LogP contribution in [0.25, 0.3) is 0 Å². The summed E-state index contributed by atoms with van der Waals surface area (Å²) in [7, 11) is -3.44. The third-order valence-corrected chi connectivity index (χ3v) is 4.57. The molecule has 0 aliphatic heterocycles. The average molecular weight is 307 g/mol. The average Bonchev–Trinajstić information content (AvgIpc) is 2.32. The molecule has 1 aromatic rings. The van der Waals surface area contributed by atoms with Gasteiger partial charge in [0, 0.05) is 24.7 Å². The summed E-state index contributed by atoms with van der Waals surface area (Å²) in [5, 5.41) is 0. The molecule has 1 aromatic heterocycles. The summed E-state index contributed by atoms with van der Waals surface area (Å²) in [5.41, 5.74) is 0.258. The second-order valence-corrected chi connectivity index (χ2v) is 6.67. The molecule has 0 saturated heterocycles. The van der Waals surface area contributed by atoms with Gasteiger partial charge in [-0.2, -0.15) is 0 Å². The minimum absolute atomic E-state index is 0.0383. The molecule has 0 aliphatic rings. The molecule has 5 nitrogen and oxygen atoms in total. The van der Waals surface area contributed by atoms with Crippen LogP contribution in [0.15, 0.2) is 23.1 Å². The van der Waals surface area contributed by atoms with E-state index < -0.39 is 10.0 Å². The van der Waals surface area contributed by atoms with Gasteiger partial charge in [-0.1, -0.05) is 13.8 Å². The Morgan fingerprint density at radius 2 is 2.11 bits per heavy atom. The number of aromatic nitrogens is 1. The first-order valence-corrected chi connectivity index (χ1v) is 8.33. The van der Waals surface area contributed by atoms with Crippen LogP contribution in [0.2, 0.25) is 0 Å². The van der Waals surface area contributed by atoms with Crippen molar-refractivity contribution in [3.63, 3.8) is 0 Å². The molecule has 7 heteroatoms. The summed E-state index contributed by atoms with van der Waals surface area (Å²) >= 11 is 5.61. The number of alkyl halides is 1. The van der Waals surface area contributed by atoms with Crippen LogP contribution in [0.4, 0.5) is 5.69 Å². The normalized spacial score (nSPS) is 13.2. The first-order valence-electron chi connectivity index (χ1n) is 6.15. The van der Waals surface area contributed by atoms with Gasteiger partial charge in [0.15, 0.2) is 0 Å². The van der Waals surface area contributed by atoms with Gasteiger partial charge < -0.3 is 4.57 Å². The first kappa shape index (κ1) is 16.0. The van der Waals surface area contributed by atoms with E-state index in [4.69, 9.17) is 11.6 Å². The van der Waals surface area contributed by atoms with Gasteiger partial charge in [-0.3, -0.25) is 9.52 Å². The van der Waals surface area contributed by atoms with Gasteiger partial charge in [-0.05, 0) is 18.4 Å². The lowest BCUT2D eigenvalue weighted by atomic mass is 10.3. The van der Waals surface area contributed by atoms with Crippen molar-refractivity contribution in [2.75, 3.05) is 16.4 Å². The predicted molar refractivity (Wildman–Crippen MR) is 78.3 cm³/mol. The highest BCUT2D eigenvalue weighted by molar-refractivity contribution is 7.92. The molecule has 0 saturated carbocycles. The van der Waals surface area contributed by atoms with E-state index in [-0.39, 0.29) is 23.1 Å². The van der Waals surface area contributed by atoms with Crippen LogP contribution >= 0.6 is 11.6 Å². The number of anilines is 1. The van der Waals surface area contributed by atoms with Gasteiger partial charge in [-0.25, -0.2) is 8.42 Å². The topological polar surface area (TPSA) is 68.2 Å². The van der Waals surface area contributed by atoms with Crippen LogP contribution in [0, 0.1) is 5.92 Å². The molecule has 1 rings (SSSR count). The number of hydrogen-bond donors (Lipinski definition) is 1. The van der Waals surface area contributed by atoms with Crippen molar-refractivity contribution in [3.8, 4) is 0 Å². The van der Waals surface area contributed by atoms with Crippen molar-refractivity contribution in [2.24, 2.45) is 5.92 Å². The van der Waals surface area contributed by atoms with E-state index >= 15 is 0 Å². The van der Waals surface area contributed by atoms with Gasteiger partial charge in [0.2, 0.25) is 10.0 Å². The molecule has 0 bridgehead atoms. The fourth-order valence-electron chi connectivity index (χ4n) is 1.65. The van der Waals surface area contributed by atoms with Crippen LogP contribution in [-0.2, 0) is 16.6 Å². The number of rotatable bonds is 7. The Labute approximate surface area is 118 Å². The van der Waals surface area contributed by atoms with E-state index in [9.17, 15) is 13.2 Å². The molecule has 1 atom stereocenters. The minimum Gasteiger partial charge on any atom is -0.313 e. The Hall–Kier alpha value is -1.01. The highest BCUT2D eigenvalue weighted by Gasteiger charge is 2.15. The monoisotopic (exact) mass is 306 g/mol. The quantitative estimate of drug-likeness (QED) is 0.782. The molecule has 1 heterocycles. The van der Waals surface area contributed by atoms with Crippen LogP contribution in [0.1, 0.15) is 20.3 Å². The minimum atomic E-state index is -3.44. The summed E-state index contributed by atoms with van der Waals surface area (Å²) in [4.78, 5) is 11.5. The van der Waals surface area contributed by atoms with Gasteiger partial charge in [-0.15, -0.1) is 11.6 Å². The molecule has 1 unspecified atom stereocenters. The Bertz CT molecular complexity index is 569. The summed E-state index contributed by atoms with van der Waals surface area (Å²) < 4.78 is 27.7. The Kier molecular flexibility index (Phi) is 5.87. The molecule has 0 aliphatic carbocycles. The Morgan fingerprint density at radius 3 is 2.68 bits per heavy atom. The SMILES string of the molecule is CCCn1cc(NS(=O)(=O)CC(C)CCl)ccc1=O. The lowest BCUT2D eigenvalue weighted by molar-refractivity contribution is 0.588. The number of nitrogens with zero attached hydrogens (tertiary/aromatic N) is 1. The molecule has 0 spiro atoms. The summed E-state index contributed by atoms with van der Waals surface area (Å²) in [6, 6.07) is 2.83. The molecule has 19 heavy (non-hydrogen) atoms. The maximum absolute atomic E-state index is 11.9. The molecule has 0 amide bonds. The van der Waals surface area contributed by atoms with E-state index in [0.717, 1.165) is 6.42 Å². The lowest BCUT2D eigenvalue weighted by Gasteiger charge is -2.12. The molecular weight excluding hydrogens is 288 g/mol. The van der Waals surface area contributed by atoms with Crippen LogP contribution in [-0.4, -0.2) is 24.6 Å². The summed E-state index contributed by atoms with van der Waals surface area (Å²) in [6.45, 7) is 4.28. The molecule has 0 fully saturated rings. The molecule has 108 valence electrons. The molecule has 0 radical (unpaired) electrons. The standard InChI is InChI=1S/C12H19ClN2O3S/c1-3-6-15-8-11(4-5-12(15)16)14-19(17,18)9-10(2)7-13/h4-5,8,10,14H,3,6-7,9H2,1-2H3. The zero-order chi connectivity index (χ0) is 14.5. The van der Waals surface area contributed by atoms with Gasteiger partial charge in [0.1, 0.15) is 0 Å². The highest BCUT2D eigenvalue weighted by atomic mass is 35.5. The fraction of sp³-hybridized carbons (Fsp3) is 0.583. The van der Waals surface area contributed by atoms with Crippen molar-refractivity contribution < 1.29 is 8.42 Å². The van der Waals surface area contributed by atoms with E-state index in [1.165, 1.54) is 22.9 Å². The lowest BCUT2D eigenvalue weighted by Crippen LogP contribution is -2.24. The van der Waals surface area contributed by atoms with Crippen LogP contribution in [0.3, 0.4) is 0 Å². The molecular formula is C12H19ClN2O3S. The zero-order valence-electron chi connectivity index (χ0n) is 11.1. The number of aryl methyl sites for hydroxylation is 1. The van der Waals surface area contributed by atoms with Crippen LogP contribution in [0.5, 0.6) is 0 Å². The van der Waals surface area contributed by atoms with Gasteiger partial charge in [0.25, 0.3) is 5.56 Å². The van der Waals surface area contributed by atoms with Crippen molar-refractivity contribution in [3.05, 3.63) is 28.7 Å². The molecule has 0 aromatic carbocycles. The van der Waals surface area contributed by atoms with E-state index in [1.54, 1.807) is 6.92 Å². The first-order chi connectivity index (χ1) is 8.88. The van der Waals surface area contributed by atoms with Gasteiger partial charge >= 0.3 is 0 Å². The number of nitrogens with one attached hydrogen (secondary N) is 1. The molecule has 1 N–H and O–H groups in total.